The number of aryl methyl sites for hydroxylation is 1. The zero-order valence-corrected chi connectivity index (χ0v) is 19.5. The smallest absolute Gasteiger partial charge is 0.234 e. The molecule has 1 amide bonds. The Balaban J connectivity index is 1.65. The van der Waals surface area contributed by atoms with E-state index < -0.39 is 0 Å². The number of nitrogens with zero attached hydrogens (tertiary/aromatic N) is 3. The predicted molar refractivity (Wildman–Crippen MR) is 123 cm³/mol. The SMILES string of the molecule is CCn1c(SCC(=O)Nc2cc(Cl)ccc2OC)nnc1C(C)Oc1cccc(C)c1. The maximum absolute atomic E-state index is 12.5. The molecule has 31 heavy (non-hydrogen) atoms. The molecule has 0 spiro atoms. The minimum atomic E-state index is -0.284. The van der Waals surface area contributed by atoms with Gasteiger partial charge in [-0.05, 0) is 56.7 Å². The highest BCUT2D eigenvalue weighted by Gasteiger charge is 2.20. The summed E-state index contributed by atoms with van der Waals surface area (Å²) >= 11 is 7.33. The van der Waals surface area contributed by atoms with Crippen LogP contribution in [-0.4, -0.2) is 33.5 Å². The molecule has 7 nitrogen and oxygen atoms in total. The fourth-order valence-electron chi connectivity index (χ4n) is 3.04. The summed E-state index contributed by atoms with van der Waals surface area (Å²) in [5.41, 5.74) is 1.65. The maximum atomic E-state index is 12.5. The van der Waals surface area contributed by atoms with Crippen molar-refractivity contribution in [2.75, 3.05) is 18.2 Å². The molecule has 164 valence electrons. The van der Waals surface area contributed by atoms with Gasteiger partial charge in [0.15, 0.2) is 17.1 Å². The Labute approximate surface area is 191 Å². The third-order valence-electron chi connectivity index (χ3n) is 4.50. The standard InChI is InChI=1S/C22H25ClN4O3S/c1-5-27-21(15(3)30-17-8-6-7-14(2)11-17)25-26-22(27)31-13-20(28)24-18-12-16(23)9-10-19(18)29-4/h6-12,15H,5,13H2,1-4H3,(H,24,28). The number of carbonyl (C=O) groups excluding carboxylic acids is 1. The number of benzene rings is 2. The number of nitrogens with one attached hydrogen (secondary N) is 1. The van der Waals surface area contributed by atoms with Crippen LogP contribution < -0.4 is 14.8 Å². The van der Waals surface area contributed by atoms with Crippen LogP contribution in [0.5, 0.6) is 11.5 Å². The van der Waals surface area contributed by atoms with E-state index in [9.17, 15) is 4.79 Å². The number of amides is 1. The first kappa shape index (κ1) is 23.0. The number of thioether (sulfide) groups is 1. The molecule has 0 fully saturated rings. The van der Waals surface area contributed by atoms with Crippen molar-refractivity contribution in [3.8, 4) is 11.5 Å². The maximum Gasteiger partial charge on any atom is 0.234 e. The first-order chi connectivity index (χ1) is 14.9. The summed E-state index contributed by atoms with van der Waals surface area (Å²) in [4.78, 5) is 12.5. The summed E-state index contributed by atoms with van der Waals surface area (Å²) < 4.78 is 13.3. The van der Waals surface area contributed by atoms with E-state index in [4.69, 9.17) is 21.1 Å². The van der Waals surface area contributed by atoms with E-state index in [2.05, 4.69) is 15.5 Å². The summed E-state index contributed by atoms with van der Waals surface area (Å²) in [5, 5.41) is 12.6. The Hall–Kier alpha value is -2.71. The number of hydrogen-bond donors (Lipinski definition) is 1. The molecule has 1 heterocycles. The lowest BCUT2D eigenvalue weighted by Crippen LogP contribution is -2.16. The normalized spacial score (nSPS) is 11.8. The van der Waals surface area contributed by atoms with Gasteiger partial charge in [0, 0.05) is 11.6 Å². The minimum absolute atomic E-state index is 0.168. The van der Waals surface area contributed by atoms with E-state index in [0.717, 1.165) is 11.3 Å². The van der Waals surface area contributed by atoms with Crippen LogP contribution in [0.25, 0.3) is 0 Å². The molecule has 3 aromatic rings. The van der Waals surface area contributed by atoms with Crippen LogP contribution in [0.4, 0.5) is 5.69 Å². The second kappa shape index (κ2) is 10.5. The summed E-state index contributed by atoms with van der Waals surface area (Å²) in [6.07, 6.45) is -0.284. The van der Waals surface area contributed by atoms with Gasteiger partial charge in [-0.1, -0.05) is 35.5 Å². The molecule has 0 saturated carbocycles. The van der Waals surface area contributed by atoms with Gasteiger partial charge in [-0.2, -0.15) is 0 Å². The van der Waals surface area contributed by atoms with Crippen molar-refractivity contribution >= 4 is 35.0 Å². The van der Waals surface area contributed by atoms with E-state index in [1.807, 2.05) is 49.6 Å². The highest BCUT2D eigenvalue weighted by Crippen LogP contribution is 2.29. The van der Waals surface area contributed by atoms with Crippen LogP contribution in [0, 0.1) is 6.92 Å². The van der Waals surface area contributed by atoms with Gasteiger partial charge in [0.2, 0.25) is 5.91 Å². The second-order valence-electron chi connectivity index (χ2n) is 6.84. The lowest BCUT2D eigenvalue weighted by molar-refractivity contribution is -0.113. The van der Waals surface area contributed by atoms with Gasteiger partial charge in [0.25, 0.3) is 0 Å². The molecule has 0 aliphatic rings. The fraction of sp³-hybridized carbons (Fsp3) is 0.318. The Morgan fingerprint density at radius 3 is 2.77 bits per heavy atom. The zero-order valence-electron chi connectivity index (χ0n) is 17.9. The van der Waals surface area contributed by atoms with E-state index in [-0.39, 0.29) is 17.8 Å². The average molecular weight is 461 g/mol. The lowest BCUT2D eigenvalue weighted by atomic mass is 10.2. The molecule has 1 N–H and O–H groups in total. The highest BCUT2D eigenvalue weighted by molar-refractivity contribution is 7.99. The van der Waals surface area contributed by atoms with Crippen molar-refractivity contribution in [1.29, 1.82) is 0 Å². The van der Waals surface area contributed by atoms with E-state index in [1.165, 1.54) is 11.8 Å². The van der Waals surface area contributed by atoms with Crippen molar-refractivity contribution in [2.24, 2.45) is 0 Å². The number of ether oxygens (including phenoxy) is 2. The Bertz CT molecular complexity index is 1060. The van der Waals surface area contributed by atoms with Crippen LogP contribution >= 0.6 is 23.4 Å². The summed E-state index contributed by atoms with van der Waals surface area (Å²) in [7, 11) is 1.54. The number of anilines is 1. The first-order valence-corrected chi connectivity index (χ1v) is 11.2. The molecule has 9 heteroatoms. The third-order valence-corrected chi connectivity index (χ3v) is 5.70. The molecule has 0 bridgehead atoms. The van der Waals surface area contributed by atoms with Gasteiger partial charge >= 0.3 is 0 Å². The van der Waals surface area contributed by atoms with Crippen LogP contribution in [0.3, 0.4) is 0 Å². The molecule has 1 unspecified atom stereocenters. The number of aromatic nitrogens is 3. The van der Waals surface area contributed by atoms with Crippen molar-refractivity contribution < 1.29 is 14.3 Å². The molecular formula is C22H25ClN4O3S. The number of rotatable bonds is 9. The largest absolute Gasteiger partial charge is 0.495 e. The number of hydrogen-bond acceptors (Lipinski definition) is 6. The van der Waals surface area contributed by atoms with Crippen LogP contribution in [0.15, 0.2) is 47.6 Å². The van der Waals surface area contributed by atoms with Crippen LogP contribution in [0.1, 0.15) is 31.3 Å². The van der Waals surface area contributed by atoms with Gasteiger partial charge in [0.1, 0.15) is 11.5 Å². The molecule has 0 aliphatic carbocycles. The molecular weight excluding hydrogens is 436 g/mol. The number of halogens is 1. The lowest BCUT2D eigenvalue weighted by Gasteiger charge is -2.16. The van der Waals surface area contributed by atoms with Crippen LogP contribution in [-0.2, 0) is 11.3 Å². The number of methoxy groups -OCH3 is 1. The zero-order chi connectivity index (χ0) is 22.4. The minimum Gasteiger partial charge on any atom is -0.495 e. The third kappa shape index (κ3) is 5.92. The Morgan fingerprint density at radius 1 is 1.26 bits per heavy atom. The second-order valence-corrected chi connectivity index (χ2v) is 8.22. The molecule has 3 rings (SSSR count). The quantitative estimate of drug-likeness (QED) is 0.445. The van der Waals surface area contributed by atoms with Gasteiger partial charge in [-0.15, -0.1) is 10.2 Å². The summed E-state index contributed by atoms with van der Waals surface area (Å²) in [6.45, 7) is 6.62. The van der Waals surface area contributed by atoms with Gasteiger partial charge in [-0.3, -0.25) is 4.79 Å². The van der Waals surface area contributed by atoms with E-state index >= 15 is 0 Å². The van der Waals surface area contributed by atoms with E-state index in [1.54, 1.807) is 25.3 Å². The highest BCUT2D eigenvalue weighted by atomic mass is 35.5. The molecule has 1 aromatic heterocycles. The van der Waals surface area contributed by atoms with Crippen molar-refractivity contribution in [2.45, 2.75) is 38.6 Å². The molecule has 0 aliphatic heterocycles. The monoisotopic (exact) mass is 460 g/mol. The van der Waals surface area contributed by atoms with E-state index in [0.29, 0.717) is 34.0 Å². The average Bonchev–Trinajstić information content (AvgIpc) is 3.15. The summed E-state index contributed by atoms with van der Waals surface area (Å²) in [5.74, 6) is 2.01. The molecule has 0 saturated heterocycles. The van der Waals surface area contributed by atoms with Crippen molar-refractivity contribution in [3.63, 3.8) is 0 Å². The van der Waals surface area contributed by atoms with Gasteiger partial charge in [0.05, 0.1) is 18.6 Å². The predicted octanol–water partition coefficient (Wildman–Crippen LogP) is 5.14. The number of carbonyl (C=O) groups is 1. The van der Waals surface area contributed by atoms with Crippen molar-refractivity contribution in [1.82, 2.24) is 14.8 Å². The first-order valence-electron chi connectivity index (χ1n) is 9.83. The Kier molecular flexibility index (Phi) is 7.81. The summed E-state index contributed by atoms with van der Waals surface area (Å²) in [6, 6.07) is 12.9. The van der Waals surface area contributed by atoms with Gasteiger partial charge in [-0.25, -0.2) is 0 Å². The van der Waals surface area contributed by atoms with Crippen LogP contribution in [0.2, 0.25) is 5.02 Å². The molecule has 1 atom stereocenters. The Morgan fingerprint density at radius 2 is 2.06 bits per heavy atom. The topological polar surface area (TPSA) is 78.3 Å². The van der Waals surface area contributed by atoms with Crippen molar-refractivity contribution in [3.05, 3.63) is 58.9 Å². The molecule has 0 radical (unpaired) electrons. The molecule has 2 aromatic carbocycles. The van der Waals surface area contributed by atoms with Gasteiger partial charge < -0.3 is 19.4 Å². The fourth-order valence-corrected chi connectivity index (χ4v) is 4.03.